The Morgan fingerprint density at radius 1 is 1.55 bits per heavy atom. The van der Waals surface area contributed by atoms with E-state index in [-0.39, 0.29) is 0 Å². The second-order valence-corrected chi connectivity index (χ2v) is 2.16. The lowest BCUT2D eigenvalue weighted by Gasteiger charge is -1.94. The molecule has 0 unspecified atom stereocenters. The largest absolute Gasteiger partial charge is 0.303 e. The Morgan fingerprint density at radius 2 is 2.36 bits per heavy atom. The fourth-order valence-corrected chi connectivity index (χ4v) is 0.796. The Bertz CT molecular complexity index is 250. The van der Waals surface area contributed by atoms with E-state index in [1.807, 2.05) is 0 Å². The van der Waals surface area contributed by atoms with E-state index in [0.717, 1.165) is 6.29 Å². The number of aromatic nitrogens is 1. The second kappa shape index (κ2) is 3.81. The van der Waals surface area contributed by atoms with E-state index in [0.29, 0.717) is 18.5 Å². The van der Waals surface area contributed by atoms with Crippen LogP contribution in [-0.2, 0) is 11.2 Å². The molecule has 0 aliphatic rings. The van der Waals surface area contributed by atoms with Crippen molar-refractivity contribution >= 4 is 6.29 Å². The fraction of sp³-hybridized carbons (Fsp3) is 0.250. The molecule has 0 bridgehead atoms. The Hall–Kier alpha value is -1.25. The zero-order valence-electron chi connectivity index (χ0n) is 5.96. The number of hydrogen-bond acceptors (Lipinski definition) is 2. The maximum atomic E-state index is 12.4. The first kappa shape index (κ1) is 7.85. The first-order valence-electron chi connectivity index (χ1n) is 3.38. The topological polar surface area (TPSA) is 30.0 Å². The zero-order valence-corrected chi connectivity index (χ0v) is 5.96. The number of pyridine rings is 1. The SMILES string of the molecule is O=CCCc1cccc(F)n1. The highest BCUT2D eigenvalue weighted by atomic mass is 19.1. The average Bonchev–Trinajstić information content (AvgIpc) is 2.01. The van der Waals surface area contributed by atoms with Crippen molar-refractivity contribution in [2.45, 2.75) is 12.8 Å². The molecule has 1 aromatic heterocycles. The number of carbonyl (C=O) groups excluding carboxylic acids is 1. The standard InChI is InChI=1S/C8H8FNO/c9-8-5-1-3-7(10-8)4-2-6-11/h1,3,5-6H,2,4H2. The summed E-state index contributed by atoms with van der Waals surface area (Å²) >= 11 is 0. The lowest BCUT2D eigenvalue weighted by Crippen LogP contribution is -1.92. The van der Waals surface area contributed by atoms with Crippen molar-refractivity contribution in [2.75, 3.05) is 0 Å². The van der Waals surface area contributed by atoms with Crippen LogP contribution in [0.3, 0.4) is 0 Å². The summed E-state index contributed by atoms with van der Waals surface area (Å²) < 4.78 is 12.4. The minimum Gasteiger partial charge on any atom is -0.303 e. The summed E-state index contributed by atoms with van der Waals surface area (Å²) in [6, 6.07) is 4.57. The second-order valence-electron chi connectivity index (χ2n) is 2.16. The van der Waals surface area contributed by atoms with Crippen molar-refractivity contribution in [1.29, 1.82) is 0 Å². The van der Waals surface area contributed by atoms with Gasteiger partial charge in [0.1, 0.15) is 6.29 Å². The molecule has 1 rings (SSSR count). The molecule has 0 saturated heterocycles. The monoisotopic (exact) mass is 153 g/mol. The smallest absolute Gasteiger partial charge is 0.213 e. The summed E-state index contributed by atoms with van der Waals surface area (Å²) in [5, 5.41) is 0. The summed E-state index contributed by atoms with van der Waals surface area (Å²) in [5.74, 6) is -0.492. The molecule has 3 heteroatoms. The van der Waals surface area contributed by atoms with Crippen molar-refractivity contribution in [3.05, 3.63) is 29.8 Å². The molecule has 2 nitrogen and oxygen atoms in total. The van der Waals surface area contributed by atoms with Crippen molar-refractivity contribution in [2.24, 2.45) is 0 Å². The Balaban J connectivity index is 2.63. The van der Waals surface area contributed by atoms with Crippen molar-refractivity contribution in [1.82, 2.24) is 4.98 Å². The van der Waals surface area contributed by atoms with E-state index < -0.39 is 5.95 Å². The predicted octanol–water partition coefficient (Wildman–Crippen LogP) is 1.35. The van der Waals surface area contributed by atoms with Crippen molar-refractivity contribution in [3.63, 3.8) is 0 Å². The summed E-state index contributed by atoms with van der Waals surface area (Å²) in [5.41, 5.74) is 0.622. The first-order chi connectivity index (χ1) is 5.33. The molecule has 11 heavy (non-hydrogen) atoms. The van der Waals surface area contributed by atoms with Gasteiger partial charge in [0.15, 0.2) is 0 Å². The average molecular weight is 153 g/mol. The van der Waals surface area contributed by atoms with Gasteiger partial charge in [-0.05, 0) is 18.6 Å². The van der Waals surface area contributed by atoms with Gasteiger partial charge >= 0.3 is 0 Å². The number of aryl methyl sites for hydroxylation is 1. The Labute approximate surface area is 64.1 Å². The predicted molar refractivity (Wildman–Crippen MR) is 38.6 cm³/mol. The van der Waals surface area contributed by atoms with Crippen LogP contribution in [0.5, 0.6) is 0 Å². The molecule has 1 aromatic rings. The highest BCUT2D eigenvalue weighted by Crippen LogP contribution is 1.99. The summed E-state index contributed by atoms with van der Waals surface area (Å²) in [4.78, 5) is 13.5. The van der Waals surface area contributed by atoms with Gasteiger partial charge < -0.3 is 4.79 Å². The Kier molecular flexibility index (Phi) is 2.72. The third-order valence-corrected chi connectivity index (χ3v) is 1.29. The highest BCUT2D eigenvalue weighted by Gasteiger charge is 1.94. The molecule has 0 aliphatic heterocycles. The summed E-state index contributed by atoms with van der Waals surface area (Å²) in [6.45, 7) is 0. The minimum absolute atomic E-state index is 0.399. The van der Waals surface area contributed by atoms with Gasteiger partial charge in [0.2, 0.25) is 5.95 Å². The van der Waals surface area contributed by atoms with Gasteiger partial charge in [-0.3, -0.25) is 0 Å². The van der Waals surface area contributed by atoms with Gasteiger partial charge in [-0.15, -0.1) is 0 Å². The molecular weight excluding hydrogens is 145 g/mol. The van der Waals surface area contributed by atoms with Gasteiger partial charge in [0.05, 0.1) is 0 Å². The van der Waals surface area contributed by atoms with E-state index in [9.17, 15) is 9.18 Å². The molecule has 1 heterocycles. The molecule has 0 atom stereocenters. The van der Waals surface area contributed by atoms with Crippen LogP contribution >= 0.6 is 0 Å². The molecule has 0 saturated carbocycles. The first-order valence-corrected chi connectivity index (χ1v) is 3.38. The quantitative estimate of drug-likeness (QED) is 0.484. The van der Waals surface area contributed by atoms with E-state index in [4.69, 9.17) is 0 Å². The third kappa shape index (κ3) is 2.45. The molecule has 0 N–H and O–H groups in total. The van der Waals surface area contributed by atoms with Crippen LogP contribution in [0, 0.1) is 5.95 Å². The number of aldehydes is 1. The van der Waals surface area contributed by atoms with Crippen LogP contribution in [-0.4, -0.2) is 11.3 Å². The molecule has 0 aliphatic carbocycles. The van der Waals surface area contributed by atoms with E-state index >= 15 is 0 Å². The van der Waals surface area contributed by atoms with Crippen LogP contribution < -0.4 is 0 Å². The van der Waals surface area contributed by atoms with Crippen LogP contribution in [0.15, 0.2) is 18.2 Å². The highest BCUT2D eigenvalue weighted by molar-refractivity contribution is 5.49. The number of carbonyl (C=O) groups is 1. The zero-order chi connectivity index (χ0) is 8.10. The third-order valence-electron chi connectivity index (χ3n) is 1.29. The molecule has 0 radical (unpaired) electrons. The number of rotatable bonds is 3. The number of halogens is 1. The molecule has 58 valence electrons. The van der Waals surface area contributed by atoms with Crippen molar-refractivity contribution < 1.29 is 9.18 Å². The van der Waals surface area contributed by atoms with Gasteiger partial charge in [-0.1, -0.05) is 6.07 Å². The molecule has 0 spiro atoms. The molecular formula is C8H8FNO. The molecule has 0 fully saturated rings. The maximum Gasteiger partial charge on any atom is 0.213 e. The minimum atomic E-state index is -0.492. The van der Waals surface area contributed by atoms with Crippen LogP contribution in [0.4, 0.5) is 4.39 Å². The summed E-state index contributed by atoms with van der Waals surface area (Å²) in [7, 11) is 0. The number of nitrogens with zero attached hydrogens (tertiary/aromatic N) is 1. The summed E-state index contributed by atoms with van der Waals surface area (Å²) in [6.07, 6.45) is 1.71. The van der Waals surface area contributed by atoms with Gasteiger partial charge in [-0.2, -0.15) is 4.39 Å². The normalized spacial score (nSPS) is 9.55. The van der Waals surface area contributed by atoms with Crippen LogP contribution in [0.25, 0.3) is 0 Å². The van der Waals surface area contributed by atoms with E-state index in [1.165, 1.54) is 6.07 Å². The van der Waals surface area contributed by atoms with Crippen LogP contribution in [0.2, 0.25) is 0 Å². The van der Waals surface area contributed by atoms with Crippen LogP contribution in [0.1, 0.15) is 12.1 Å². The number of hydrogen-bond donors (Lipinski definition) is 0. The lowest BCUT2D eigenvalue weighted by atomic mass is 10.2. The van der Waals surface area contributed by atoms with E-state index in [2.05, 4.69) is 4.98 Å². The van der Waals surface area contributed by atoms with E-state index in [1.54, 1.807) is 12.1 Å². The van der Waals surface area contributed by atoms with Gasteiger partial charge in [0, 0.05) is 12.1 Å². The molecule has 0 aromatic carbocycles. The van der Waals surface area contributed by atoms with Gasteiger partial charge in [-0.25, -0.2) is 4.98 Å². The maximum absolute atomic E-state index is 12.4. The molecule has 0 amide bonds. The Morgan fingerprint density at radius 3 is 3.00 bits per heavy atom. The lowest BCUT2D eigenvalue weighted by molar-refractivity contribution is -0.107. The van der Waals surface area contributed by atoms with Crippen molar-refractivity contribution in [3.8, 4) is 0 Å². The fourth-order valence-electron chi connectivity index (χ4n) is 0.796. The van der Waals surface area contributed by atoms with Gasteiger partial charge in [0.25, 0.3) is 0 Å².